The van der Waals surface area contributed by atoms with Gasteiger partial charge in [-0.25, -0.2) is 0 Å². The standard InChI is InChI=1S/C2H5O2.Al.H/c3-1-2-4;;/h1,3-4H,2H2;;. The van der Waals surface area contributed by atoms with E-state index in [0.29, 0.717) is 0 Å². The highest BCUT2D eigenvalue weighted by molar-refractivity contribution is 6.10. The molecule has 0 amide bonds. The topological polar surface area (TPSA) is 40.5 Å². The van der Waals surface area contributed by atoms with Crippen LogP contribution in [0, 0.1) is 0 Å². The molecule has 1 radical (unpaired) electrons. The predicted molar refractivity (Wildman–Crippen MR) is 20.2 cm³/mol. The lowest BCUT2D eigenvalue weighted by Crippen LogP contribution is -2.09. The first-order valence-electron chi connectivity index (χ1n) is 1.39. The summed E-state index contributed by atoms with van der Waals surface area (Å²) in [6.45, 7) is -0.127. The third kappa shape index (κ3) is 4.45. The van der Waals surface area contributed by atoms with Gasteiger partial charge in [0, 0.05) is 4.97 Å². The van der Waals surface area contributed by atoms with Crippen molar-refractivity contribution in [2.75, 3.05) is 6.61 Å². The SMILES string of the molecule is OC[CH](O)[AlH]. The Morgan fingerprint density at radius 1 is 1.80 bits per heavy atom. The van der Waals surface area contributed by atoms with Gasteiger partial charge in [-0.2, -0.15) is 0 Å². The second kappa shape index (κ2) is 2.68. The first kappa shape index (κ1) is 5.45. The Balaban J connectivity index is 2.54. The van der Waals surface area contributed by atoms with Crippen molar-refractivity contribution in [2.24, 2.45) is 0 Å². The van der Waals surface area contributed by atoms with Gasteiger partial charge in [-0.15, -0.1) is 0 Å². The highest BCUT2D eigenvalue weighted by Crippen LogP contribution is 1.61. The second-order valence-corrected chi connectivity index (χ2v) is 1.78. The molecule has 0 saturated heterocycles. The summed E-state index contributed by atoms with van der Waals surface area (Å²) < 4.78 is 0. The van der Waals surface area contributed by atoms with Crippen LogP contribution in [0.2, 0.25) is 0 Å². The lowest BCUT2D eigenvalue weighted by Gasteiger charge is -1.90. The number of aliphatic hydroxyl groups is 2. The fourth-order valence-electron chi connectivity index (χ4n) is 0. The normalized spacial score (nSPS) is 14.8. The molecule has 0 aliphatic heterocycles. The van der Waals surface area contributed by atoms with Gasteiger partial charge >= 0.3 is 0 Å². The van der Waals surface area contributed by atoms with Crippen molar-refractivity contribution >= 4 is 16.3 Å². The molecule has 29 valence electrons. The van der Waals surface area contributed by atoms with E-state index in [0.717, 1.165) is 0 Å². The fraction of sp³-hybridized carbons (Fsp3) is 1.00. The number of hydrogen-bond acceptors (Lipinski definition) is 2. The van der Waals surface area contributed by atoms with Crippen molar-refractivity contribution in [2.45, 2.75) is 4.97 Å². The molecule has 0 aromatic heterocycles. The Kier molecular flexibility index (Phi) is 2.92. The molecular formula is C2H6AlO2. The van der Waals surface area contributed by atoms with E-state index in [1.807, 2.05) is 0 Å². The molecule has 2 N–H and O–H groups in total. The van der Waals surface area contributed by atoms with Crippen molar-refractivity contribution in [3.63, 3.8) is 0 Å². The van der Waals surface area contributed by atoms with Gasteiger partial charge in [0.25, 0.3) is 0 Å². The van der Waals surface area contributed by atoms with Gasteiger partial charge < -0.3 is 10.2 Å². The lowest BCUT2D eigenvalue weighted by atomic mass is 10.8. The number of aliphatic hydroxyl groups excluding tert-OH is 2. The molecule has 0 rings (SSSR count). The van der Waals surface area contributed by atoms with Crippen LogP contribution in [0.15, 0.2) is 0 Å². The minimum Gasteiger partial charge on any atom is -0.408 e. The van der Waals surface area contributed by atoms with Crippen LogP contribution in [0.25, 0.3) is 0 Å². The maximum atomic E-state index is 8.12. The maximum Gasteiger partial charge on any atom is 0.225 e. The summed E-state index contributed by atoms with van der Waals surface area (Å²) in [4.78, 5) is -0.532. The second-order valence-electron chi connectivity index (χ2n) is 0.836. The molecule has 0 aromatic carbocycles. The van der Waals surface area contributed by atoms with Gasteiger partial charge in [-0.1, -0.05) is 0 Å². The van der Waals surface area contributed by atoms with Gasteiger partial charge in [0.1, 0.15) is 0 Å². The van der Waals surface area contributed by atoms with Crippen molar-refractivity contribution in [1.29, 1.82) is 0 Å². The Labute approximate surface area is 38.9 Å². The molecule has 0 fully saturated rings. The molecule has 1 unspecified atom stereocenters. The molecule has 0 aromatic rings. The molecule has 0 saturated carbocycles. The van der Waals surface area contributed by atoms with Crippen LogP contribution in [-0.2, 0) is 0 Å². The van der Waals surface area contributed by atoms with E-state index in [2.05, 4.69) is 0 Å². The third-order valence-corrected chi connectivity index (χ3v) is 0.469. The van der Waals surface area contributed by atoms with Crippen LogP contribution < -0.4 is 0 Å². The van der Waals surface area contributed by atoms with E-state index in [9.17, 15) is 0 Å². The first-order chi connectivity index (χ1) is 2.27. The molecule has 0 aliphatic rings. The van der Waals surface area contributed by atoms with Crippen LogP contribution in [0.1, 0.15) is 0 Å². The number of rotatable bonds is 1. The van der Waals surface area contributed by atoms with Crippen LogP contribution in [0.4, 0.5) is 0 Å². The van der Waals surface area contributed by atoms with E-state index in [4.69, 9.17) is 10.2 Å². The molecule has 0 spiro atoms. The van der Waals surface area contributed by atoms with E-state index in [-0.39, 0.29) is 6.61 Å². The average molecular weight is 89.0 g/mol. The largest absolute Gasteiger partial charge is 0.408 e. The number of hydrogen-bond donors (Lipinski definition) is 2. The zero-order valence-corrected chi connectivity index (χ0v) is 4.30. The smallest absolute Gasteiger partial charge is 0.225 e. The van der Waals surface area contributed by atoms with Gasteiger partial charge in [0.2, 0.25) is 16.3 Å². The monoisotopic (exact) mass is 89.0 g/mol. The summed E-state index contributed by atoms with van der Waals surface area (Å²) in [5.74, 6) is 0. The minimum atomic E-state index is -0.532. The molecule has 2 nitrogen and oxygen atoms in total. The van der Waals surface area contributed by atoms with E-state index in [1.165, 1.54) is 16.3 Å². The Morgan fingerprint density at radius 3 is 2.00 bits per heavy atom. The van der Waals surface area contributed by atoms with Crippen molar-refractivity contribution in [3.8, 4) is 0 Å². The van der Waals surface area contributed by atoms with Gasteiger partial charge in [-0.3, -0.25) is 0 Å². The Hall–Kier alpha value is 0.452. The summed E-state index contributed by atoms with van der Waals surface area (Å²) in [6.07, 6.45) is 0. The van der Waals surface area contributed by atoms with Gasteiger partial charge in [0.15, 0.2) is 0 Å². The zero-order valence-electron chi connectivity index (χ0n) is 2.89. The summed E-state index contributed by atoms with van der Waals surface area (Å²) in [7, 11) is 0. The molecule has 0 aliphatic carbocycles. The first-order valence-corrected chi connectivity index (χ1v) is 2.21. The van der Waals surface area contributed by atoms with Crippen LogP contribution in [0.5, 0.6) is 0 Å². The highest BCUT2D eigenvalue weighted by Gasteiger charge is 1.83. The molecule has 5 heavy (non-hydrogen) atoms. The summed E-state index contributed by atoms with van der Waals surface area (Å²) in [6, 6.07) is 0. The average Bonchev–Trinajstić information content (AvgIpc) is 1.38. The van der Waals surface area contributed by atoms with Crippen LogP contribution in [0.3, 0.4) is 0 Å². The highest BCUT2D eigenvalue weighted by atomic mass is 27.0. The summed E-state index contributed by atoms with van der Waals surface area (Å²) >= 11 is 1.36. The Morgan fingerprint density at radius 2 is 2.00 bits per heavy atom. The molecular weight excluding hydrogens is 83.0 g/mol. The summed E-state index contributed by atoms with van der Waals surface area (Å²) in [5, 5.41) is 16.0. The molecule has 1 atom stereocenters. The van der Waals surface area contributed by atoms with Crippen molar-refractivity contribution in [1.82, 2.24) is 0 Å². The molecule has 0 bridgehead atoms. The van der Waals surface area contributed by atoms with Crippen LogP contribution in [-0.4, -0.2) is 38.1 Å². The van der Waals surface area contributed by atoms with Crippen molar-refractivity contribution < 1.29 is 10.2 Å². The molecule has 3 heteroatoms. The van der Waals surface area contributed by atoms with Crippen LogP contribution >= 0.6 is 0 Å². The van der Waals surface area contributed by atoms with E-state index < -0.39 is 4.97 Å². The quantitative estimate of drug-likeness (QED) is 0.372. The minimum absolute atomic E-state index is 0.127. The molecule has 0 heterocycles. The van der Waals surface area contributed by atoms with Gasteiger partial charge in [0.05, 0.1) is 6.61 Å². The maximum absolute atomic E-state index is 8.12. The van der Waals surface area contributed by atoms with E-state index >= 15 is 0 Å². The van der Waals surface area contributed by atoms with Gasteiger partial charge in [-0.05, 0) is 0 Å². The van der Waals surface area contributed by atoms with Crippen molar-refractivity contribution in [3.05, 3.63) is 0 Å². The Bertz CT molecular complexity index is 21.6. The zero-order chi connectivity index (χ0) is 4.28. The summed E-state index contributed by atoms with van der Waals surface area (Å²) in [5.41, 5.74) is 0. The predicted octanol–water partition coefficient (Wildman–Crippen LogP) is -1.80. The third-order valence-electron chi connectivity index (χ3n) is 0.211. The lowest BCUT2D eigenvalue weighted by molar-refractivity contribution is 0.155. The fourth-order valence-corrected chi connectivity index (χ4v) is 0. The van der Waals surface area contributed by atoms with E-state index in [1.54, 1.807) is 0 Å².